The van der Waals surface area contributed by atoms with Gasteiger partial charge >= 0.3 is 12.5 Å². The molecule has 1 fully saturated rings. The van der Waals surface area contributed by atoms with Gasteiger partial charge in [0.25, 0.3) is 11.5 Å². The highest BCUT2D eigenvalue weighted by Crippen LogP contribution is 2.27. The number of aromatic nitrogens is 4. The summed E-state index contributed by atoms with van der Waals surface area (Å²) < 4.78 is 58.3. The van der Waals surface area contributed by atoms with Gasteiger partial charge in [0.05, 0.1) is 12.7 Å². The molecule has 2 heterocycles. The van der Waals surface area contributed by atoms with Gasteiger partial charge in [0, 0.05) is 43.5 Å². The van der Waals surface area contributed by atoms with Crippen molar-refractivity contribution in [3.8, 4) is 5.75 Å². The van der Waals surface area contributed by atoms with E-state index in [4.69, 9.17) is 5.11 Å². The van der Waals surface area contributed by atoms with E-state index < -0.39 is 35.8 Å². The molecule has 1 saturated carbocycles. The molecule has 4 N–H and O–H groups in total. The van der Waals surface area contributed by atoms with Gasteiger partial charge in [-0.3, -0.25) is 14.4 Å². The summed E-state index contributed by atoms with van der Waals surface area (Å²) in [5.41, 5.74) is 0.121. The second-order valence-corrected chi connectivity index (χ2v) is 11.0. The molecular weight excluding hydrogens is 618 g/mol. The van der Waals surface area contributed by atoms with Crippen LogP contribution in [0, 0.1) is 5.92 Å². The smallest absolute Gasteiger partial charge is 0.465 e. The largest absolute Gasteiger partial charge is 0.573 e. The molecule has 0 bridgehead atoms. The number of halogens is 4. The highest BCUT2D eigenvalue weighted by atomic mass is 19.4. The van der Waals surface area contributed by atoms with Gasteiger partial charge in [-0.25, -0.2) is 13.9 Å². The summed E-state index contributed by atoms with van der Waals surface area (Å²) in [5.74, 6) is -1.22. The van der Waals surface area contributed by atoms with Crippen LogP contribution in [0.2, 0.25) is 0 Å². The van der Waals surface area contributed by atoms with Crippen molar-refractivity contribution in [3.05, 3.63) is 70.4 Å². The highest BCUT2D eigenvalue weighted by molar-refractivity contribution is 5.92. The minimum absolute atomic E-state index is 0.0427. The third-order valence-electron chi connectivity index (χ3n) is 7.35. The van der Waals surface area contributed by atoms with Gasteiger partial charge < -0.3 is 30.4 Å². The van der Waals surface area contributed by atoms with E-state index in [2.05, 4.69) is 31.0 Å². The van der Waals surface area contributed by atoms with Gasteiger partial charge in [0.2, 0.25) is 5.91 Å². The highest BCUT2D eigenvalue weighted by Gasteiger charge is 2.31. The number of carbonyl (C=O) groups excluding carboxylic acids is 2. The van der Waals surface area contributed by atoms with Gasteiger partial charge in [-0.1, -0.05) is 17.3 Å². The van der Waals surface area contributed by atoms with Crippen LogP contribution in [0.1, 0.15) is 54.6 Å². The normalized spacial score (nSPS) is 17.1. The standard InChI is InChI=1S/C29H33F4N7O6/c30-20(16-40-17-24(37-38-40)27(43)34-15-19-2-1-3-23(12-19)46-29(31,32)33)8-10-39-11-9-22(14-26(39)42)35-25(41)13-18-4-6-21(7-5-18)36-28(44)45/h1-3,9,11-12,14,17-18,20-21,36H,4-8,10,13,15-16H2,(H,34,43)(H,35,41)(H,44,45). The monoisotopic (exact) mass is 651 g/mol. The van der Waals surface area contributed by atoms with Gasteiger partial charge in [0.15, 0.2) is 5.69 Å². The number of anilines is 1. The number of ether oxygens (including phenoxy) is 1. The molecule has 1 aliphatic carbocycles. The number of carbonyl (C=O) groups is 3. The summed E-state index contributed by atoms with van der Waals surface area (Å²) in [6, 6.07) is 7.80. The zero-order valence-corrected chi connectivity index (χ0v) is 24.5. The van der Waals surface area contributed by atoms with E-state index in [1.165, 1.54) is 35.2 Å². The number of nitrogens with zero attached hydrogens (tertiary/aromatic N) is 4. The number of amides is 3. The number of rotatable bonds is 13. The lowest BCUT2D eigenvalue weighted by molar-refractivity contribution is -0.274. The lowest BCUT2D eigenvalue weighted by Crippen LogP contribution is -2.37. The molecule has 17 heteroatoms. The topological polar surface area (TPSA) is 169 Å². The molecule has 1 aliphatic rings. The van der Waals surface area contributed by atoms with Crippen LogP contribution in [0.3, 0.4) is 0 Å². The van der Waals surface area contributed by atoms with Crippen LogP contribution in [-0.2, 0) is 24.4 Å². The zero-order chi connectivity index (χ0) is 33.3. The number of aryl methyl sites for hydroxylation is 1. The Morgan fingerprint density at radius 2 is 1.87 bits per heavy atom. The lowest BCUT2D eigenvalue weighted by Gasteiger charge is -2.27. The predicted octanol–water partition coefficient (Wildman–Crippen LogP) is 3.85. The number of hydrogen-bond acceptors (Lipinski definition) is 7. The van der Waals surface area contributed by atoms with Crippen molar-refractivity contribution in [2.24, 2.45) is 5.92 Å². The van der Waals surface area contributed by atoms with Gasteiger partial charge in [-0.15, -0.1) is 18.3 Å². The Balaban J connectivity index is 1.18. The van der Waals surface area contributed by atoms with Crippen molar-refractivity contribution in [3.63, 3.8) is 0 Å². The van der Waals surface area contributed by atoms with E-state index in [0.29, 0.717) is 24.1 Å². The molecule has 0 spiro atoms. The molecular formula is C29H33F4N7O6. The Bertz CT molecular complexity index is 1570. The van der Waals surface area contributed by atoms with Crippen LogP contribution in [0.5, 0.6) is 5.75 Å². The van der Waals surface area contributed by atoms with Gasteiger partial charge in [-0.05, 0) is 61.8 Å². The molecule has 46 heavy (non-hydrogen) atoms. The maximum absolute atomic E-state index is 14.7. The molecule has 13 nitrogen and oxygen atoms in total. The SMILES string of the molecule is O=C(O)NC1CCC(CC(=O)Nc2ccn(CCC(F)Cn3cc(C(=O)NCc4cccc(OC(F)(F)F)c4)nn3)c(=O)c2)CC1. The molecule has 1 aromatic carbocycles. The first-order chi connectivity index (χ1) is 21.8. The van der Waals surface area contributed by atoms with Crippen molar-refractivity contribution in [2.45, 2.75) is 76.7 Å². The predicted molar refractivity (Wildman–Crippen MR) is 155 cm³/mol. The van der Waals surface area contributed by atoms with Crippen LogP contribution < -0.4 is 26.2 Å². The third kappa shape index (κ3) is 10.9. The molecule has 4 rings (SSSR count). The molecule has 1 unspecified atom stereocenters. The summed E-state index contributed by atoms with van der Waals surface area (Å²) in [4.78, 5) is 48.2. The van der Waals surface area contributed by atoms with E-state index >= 15 is 0 Å². The Hall–Kier alpha value is -4.96. The Morgan fingerprint density at radius 3 is 2.57 bits per heavy atom. The van der Waals surface area contributed by atoms with Crippen molar-refractivity contribution in [2.75, 3.05) is 5.32 Å². The minimum atomic E-state index is -4.85. The number of pyridine rings is 1. The molecule has 248 valence electrons. The third-order valence-corrected chi connectivity index (χ3v) is 7.35. The Kier molecular flexibility index (Phi) is 11.3. The summed E-state index contributed by atoms with van der Waals surface area (Å²) in [6.07, 6.45) is -1.70. The summed E-state index contributed by atoms with van der Waals surface area (Å²) in [5, 5.41) is 23.9. The second kappa shape index (κ2) is 15.4. The van der Waals surface area contributed by atoms with E-state index in [-0.39, 0.29) is 56.0 Å². The first-order valence-electron chi connectivity index (χ1n) is 14.5. The van der Waals surface area contributed by atoms with Crippen molar-refractivity contribution in [1.82, 2.24) is 30.2 Å². The molecule has 3 amide bonds. The maximum atomic E-state index is 14.7. The van der Waals surface area contributed by atoms with Gasteiger partial charge in [-0.2, -0.15) is 0 Å². The zero-order valence-electron chi connectivity index (χ0n) is 24.5. The average molecular weight is 652 g/mol. The van der Waals surface area contributed by atoms with Crippen LogP contribution in [0.25, 0.3) is 0 Å². The molecule has 1 atom stereocenters. The van der Waals surface area contributed by atoms with Crippen LogP contribution in [0.15, 0.2) is 53.6 Å². The van der Waals surface area contributed by atoms with Crippen molar-refractivity contribution in [1.29, 1.82) is 0 Å². The minimum Gasteiger partial charge on any atom is -0.465 e. The quantitative estimate of drug-likeness (QED) is 0.202. The van der Waals surface area contributed by atoms with E-state index in [1.54, 1.807) is 6.07 Å². The number of carboxylic acid groups (broad SMARTS) is 1. The summed E-state index contributed by atoms with van der Waals surface area (Å²) in [7, 11) is 0. The first kappa shape index (κ1) is 33.9. The van der Waals surface area contributed by atoms with E-state index in [1.807, 2.05) is 0 Å². The van der Waals surface area contributed by atoms with E-state index in [0.717, 1.165) is 29.7 Å². The molecule has 0 aliphatic heterocycles. The van der Waals surface area contributed by atoms with Crippen LogP contribution >= 0.6 is 0 Å². The van der Waals surface area contributed by atoms with Crippen molar-refractivity contribution >= 4 is 23.6 Å². The molecule has 3 aromatic rings. The van der Waals surface area contributed by atoms with Crippen LogP contribution in [0.4, 0.5) is 28.0 Å². The van der Waals surface area contributed by atoms with Crippen LogP contribution in [-0.4, -0.2) is 61.2 Å². The molecule has 2 aromatic heterocycles. The Labute approximate surface area is 259 Å². The lowest BCUT2D eigenvalue weighted by atomic mass is 9.84. The number of benzene rings is 1. The number of nitrogens with one attached hydrogen (secondary N) is 3. The fourth-order valence-corrected chi connectivity index (χ4v) is 5.12. The molecule has 0 saturated heterocycles. The number of alkyl halides is 4. The fraction of sp³-hybridized carbons (Fsp3) is 0.448. The second-order valence-electron chi connectivity index (χ2n) is 11.0. The summed E-state index contributed by atoms with van der Waals surface area (Å²) >= 11 is 0. The van der Waals surface area contributed by atoms with Gasteiger partial charge in [0.1, 0.15) is 11.9 Å². The molecule has 0 radical (unpaired) electrons. The Morgan fingerprint density at radius 1 is 1.11 bits per heavy atom. The maximum Gasteiger partial charge on any atom is 0.573 e. The van der Waals surface area contributed by atoms with Crippen molar-refractivity contribution < 1.29 is 41.8 Å². The fourth-order valence-electron chi connectivity index (χ4n) is 5.12. The first-order valence-corrected chi connectivity index (χ1v) is 14.5. The average Bonchev–Trinajstić information content (AvgIpc) is 3.44. The summed E-state index contributed by atoms with van der Waals surface area (Å²) in [6.45, 7) is -0.312. The van der Waals surface area contributed by atoms with E-state index in [9.17, 15) is 36.7 Å². The number of hydrogen-bond donors (Lipinski definition) is 4.